The minimum Gasteiger partial charge on any atom is -0.465 e. The van der Waals surface area contributed by atoms with E-state index >= 15 is 0 Å². The Morgan fingerprint density at radius 2 is 2.33 bits per heavy atom. The lowest BCUT2D eigenvalue weighted by atomic mass is 9.96. The van der Waals surface area contributed by atoms with Crippen molar-refractivity contribution in [1.82, 2.24) is 15.5 Å². The topological polar surface area (TPSA) is 77.2 Å². The summed E-state index contributed by atoms with van der Waals surface area (Å²) in [5, 5.41) is 12.1. The van der Waals surface area contributed by atoms with E-state index in [1.54, 1.807) is 18.7 Å². The second kappa shape index (κ2) is 6.79. The summed E-state index contributed by atoms with van der Waals surface area (Å²) in [7, 11) is 0. The third-order valence-electron chi connectivity index (χ3n) is 3.48. The van der Waals surface area contributed by atoms with Crippen LogP contribution in [-0.2, 0) is 9.53 Å². The average Bonchev–Trinajstić information content (AvgIpc) is 2.97. The van der Waals surface area contributed by atoms with Gasteiger partial charge in [0, 0.05) is 18.2 Å². The molecular weight excluding hydrogens is 290 g/mol. The summed E-state index contributed by atoms with van der Waals surface area (Å²) in [6.07, 6.45) is 2.41. The molecule has 0 amide bonds. The highest BCUT2D eigenvalue weighted by Crippen LogP contribution is 2.40. The van der Waals surface area contributed by atoms with Crippen molar-refractivity contribution in [3.63, 3.8) is 0 Å². The van der Waals surface area contributed by atoms with Gasteiger partial charge in [0.2, 0.25) is 5.89 Å². The zero-order valence-electron chi connectivity index (χ0n) is 13.0. The fraction of sp³-hybridized carbons (Fsp3) is 0.786. The summed E-state index contributed by atoms with van der Waals surface area (Å²) in [6.45, 7) is 8.10. The minimum absolute atomic E-state index is 0.150. The van der Waals surface area contributed by atoms with Gasteiger partial charge in [-0.1, -0.05) is 11.8 Å². The van der Waals surface area contributed by atoms with Gasteiger partial charge in [-0.2, -0.15) is 0 Å². The third kappa shape index (κ3) is 3.97. The molecule has 1 aliphatic rings. The second-order valence-corrected chi connectivity index (χ2v) is 6.92. The third-order valence-corrected chi connectivity index (χ3v) is 4.58. The van der Waals surface area contributed by atoms with E-state index in [2.05, 4.69) is 15.5 Å². The van der Waals surface area contributed by atoms with Crippen LogP contribution in [0.15, 0.2) is 9.64 Å². The van der Waals surface area contributed by atoms with Gasteiger partial charge in [-0.25, -0.2) is 0 Å². The molecule has 1 aromatic rings. The Morgan fingerprint density at radius 3 is 2.90 bits per heavy atom. The first-order chi connectivity index (χ1) is 9.95. The van der Waals surface area contributed by atoms with Crippen LogP contribution < -0.4 is 5.32 Å². The highest BCUT2D eigenvalue weighted by molar-refractivity contribution is 7.99. The van der Waals surface area contributed by atoms with E-state index in [4.69, 9.17) is 9.15 Å². The molecule has 6 nitrogen and oxygen atoms in total. The van der Waals surface area contributed by atoms with Crippen LogP contribution in [0.25, 0.3) is 0 Å². The number of esters is 1. The summed E-state index contributed by atoms with van der Waals surface area (Å²) >= 11 is 1.55. The summed E-state index contributed by atoms with van der Waals surface area (Å²) in [4.78, 5) is 12.4. The smallest absolute Gasteiger partial charge is 0.326 e. The molecule has 118 valence electrons. The van der Waals surface area contributed by atoms with Crippen molar-refractivity contribution in [3.8, 4) is 0 Å². The number of aryl methyl sites for hydroxylation is 1. The van der Waals surface area contributed by atoms with Crippen molar-refractivity contribution in [3.05, 3.63) is 5.89 Å². The van der Waals surface area contributed by atoms with Gasteiger partial charge in [-0.3, -0.25) is 10.1 Å². The Balaban J connectivity index is 2.05. The standard InChI is InChI=1S/C14H23N3O3S/c1-5-19-12(18)14(15-9(2)3)7-6-11(8-14)21-13-17-16-10(4)20-13/h9,11,15H,5-8H2,1-4H3. The maximum absolute atomic E-state index is 12.4. The van der Waals surface area contributed by atoms with Crippen LogP contribution in [0, 0.1) is 6.92 Å². The molecule has 1 fully saturated rings. The molecule has 2 unspecified atom stereocenters. The largest absolute Gasteiger partial charge is 0.465 e. The lowest BCUT2D eigenvalue weighted by Gasteiger charge is -2.30. The highest BCUT2D eigenvalue weighted by atomic mass is 32.2. The maximum atomic E-state index is 12.4. The van der Waals surface area contributed by atoms with Crippen LogP contribution in [0.5, 0.6) is 0 Å². The summed E-state index contributed by atoms with van der Waals surface area (Å²) in [5.41, 5.74) is -0.586. The minimum atomic E-state index is -0.586. The number of nitrogens with one attached hydrogen (secondary N) is 1. The van der Waals surface area contributed by atoms with Gasteiger partial charge in [-0.05, 0) is 40.0 Å². The van der Waals surface area contributed by atoms with Crippen molar-refractivity contribution < 1.29 is 13.9 Å². The van der Waals surface area contributed by atoms with Crippen molar-refractivity contribution >= 4 is 17.7 Å². The Labute approximate surface area is 129 Å². The van der Waals surface area contributed by atoms with Crippen LogP contribution in [0.2, 0.25) is 0 Å². The molecule has 0 aromatic carbocycles. The number of nitrogens with zero attached hydrogens (tertiary/aromatic N) is 2. The molecular formula is C14H23N3O3S. The fourth-order valence-electron chi connectivity index (χ4n) is 2.77. The molecule has 1 N–H and O–H groups in total. The summed E-state index contributed by atoms with van der Waals surface area (Å²) in [5.74, 6) is 0.413. The fourth-order valence-corrected chi connectivity index (χ4v) is 3.91. The molecule has 2 rings (SSSR count). The van der Waals surface area contributed by atoms with E-state index in [0.717, 1.165) is 19.3 Å². The van der Waals surface area contributed by atoms with Crippen LogP contribution in [0.1, 0.15) is 45.9 Å². The van der Waals surface area contributed by atoms with Crippen LogP contribution in [0.3, 0.4) is 0 Å². The molecule has 0 bridgehead atoms. The molecule has 0 saturated heterocycles. The molecule has 0 spiro atoms. The molecule has 1 aromatic heterocycles. The lowest BCUT2D eigenvalue weighted by Crippen LogP contribution is -2.54. The molecule has 1 saturated carbocycles. The molecule has 0 aliphatic heterocycles. The molecule has 21 heavy (non-hydrogen) atoms. The van der Waals surface area contributed by atoms with Gasteiger partial charge in [0.1, 0.15) is 5.54 Å². The SMILES string of the molecule is CCOC(=O)C1(NC(C)C)CCC(Sc2nnc(C)o2)C1. The quantitative estimate of drug-likeness (QED) is 0.807. The predicted molar refractivity (Wildman–Crippen MR) is 80.2 cm³/mol. The number of rotatable bonds is 6. The highest BCUT2D eigenvalue weighted by Gasteiger charge is 2.47. The number of ether oxygens (including phenoxy) is 1. The summed E-state index contributed by atoms with van der Waals surface area (Å²) < 4.78 is 10.7. The van der Waals surface area contributed by atoms with E-state index < -0.39 is 5.54 Å². The number of carbonyl (C=O) groups is 1. The monoisotopic (exact) mass is 313 g/mol. The van der Waals surface area contributed by atoms with Gasteiger partial charge in [0.05, 0.1) is 6.61 Å². The normalized spacial score (nSPS) is 25.5. The van der Waals surface area contributed by atoms with E-state index in [9.17, 15) is 4.79 Å². The first kappa shape index (κ1) is 16.3. The summed E-state index contributed by atoms with van der Waals surface area (Å²) in [6, 6.07) is 0.226. The molecule has 2 atom stereocenters. The van der Waals surface area contributed by atoms with Gasteiger partial charge >= 0.3 is 5.97 Å². The Bertz CT molecular complexity index is 492. The van der Waals surface area contributed by atoms with E-state index in [0.29, 0.717) is 17.7 Å². The Morgan fingerprint density at radius 1 is 1.57 bits per heavy atom. The maximum Gasteiger partial charge on any atom is 0.326 e. The second-order valence-electron chi connectivity index (χ2n) is 5.67. The van der Waals surface area contributed by atoms with Crippen molar-refractivity contribution in [2.24, 2.45) is 0 Å². The van der Waals surface area contributed by atoms with Crippen LogP contribution in [0.4, 0.5) is 0 Å². The van der Waals surface area contributed by atoms with Crippen molar-refractivity contribution in [2.45, 2.75) is 69.0 Å². The van der Waals surface area contributed by atoms with E-state index in [-0.39, 0.29) is 17.3 Å². The number of hydrogen-bond acceptors (Lipinski definition) is 7. The number of aromatic nitrogens is 2. The number of thioether (sulfide) groups is 1. The van der Waals surface area contributed by atoms with Crippen LogP contribution >= 0.6 is 11.8 Å². The van der Waals surface area contributed by atoms with Crippen molar-refractivity contribution in [1.29, 1.82) is 0 Å². The molecule has 1 heterocycles. The van der Waals surface area contributed by atoms with Gasteiger partial charge < -0.3 is 9.15 Å². The first-order valence-electron chi connectivity index (χ1n) is 7.37. The molecule has 7 heteroatoms. The number of carbonyl (C=O) groups excluding carboxylic acids is 1. The average molecular weight is 313 g/mol. The molecule has 0 radical (unpaired) electrons. The van der Waals surface area contributed by atoms with Crippen molar-refractivity contribution in [2.75, 3.05) is 6.61 Å². The zero-order chi connectivity index (χ0) is 15.5. The van der Waals surface area contributed by atoms with E-state index in [1.807, 2.05) is 20.8 Å². The van der Waals surface area contributed by atoms with Gasteiger partial charge in [0.25, 0.3) is 5.22 Å². The molecule has 1 aliphatic carbocycles. The Hall–Kier alpha value is -1.08. The predicted octanol–water partition coefficient (Wildman–Crippen LogP) is 2.32. The van der Waals surface area contributed by atoms with Gasteiger partial charge in [-0.15, -0.1) is 10.2 Å². The number of hydrogen-bond donors (Lipinski definition) is 1. The van der Waals surface area contributed by atoms with E-state index in [1.165, 1.54) is 0 Å². The Kier molecular flexibility index (Phi) is 5.27. The van der Waals surface area contributed by atoms with Crippen LogP contribution in [-0.4, -0.2) is 39.6 Å². The lowest BCUT2D eigenvalue weighted by molar-refractivity contribution is -0.151. The zero-order valence-corrected chi connectivity index (χ0v) is 13.8. The first-order valence-corrected chi connectivity index (χ1v) is 8.25. The van der Waals surface area contributed by atoms with Gasteiger partial charge in [0.15, 0.2) is 0 Å².